The van der Waals surface area contributed by atoms with E-state index < -0.39 is 28.5 Å². The van der Waals surface area contributed by atoms with E-state index in [0.717, 1.165) is 40.1 Å². The number of unbranched alkanes of at least 4 members (excludes halogenated alkanes) is 1. The molecule has 214 valence electrons. The summed E-state index contributed by atoms with van der Waals surface area (Å²) in [5.41, 5.74) is 3.11. The minimum absolute atomic E-state index is 0.146. The molecule has 40 heavy (non-hydrogen) atoms. The van der Waals surface area contributed by atoms with Gasteiger partial charge in [-0.1, -0.05) is 79.6 Å². The van der Waals surface area contributed by atoms with Crippen molar-refractivity contribution in [3.63, 3.8) is 0 Å². The van der Waals surface area contributed by atoms with Crippen LogP contribution in [0.3, 0.4) is 0 Å². The first-order chi connectivity index (χ1) is 19.1. The van der Waals surface area contributed by atoms with Crippen molar-refractivity contribution in [1.82, 2.24) is 10.2 Å². The van der Waals surface area contributed by atoms with Crippen LogP contribution in [0.15, 0.2) is 78.9 Å². The fourth-order valence-corrected chi connectivity index (χ4v) is 5.17. The molecule has 0 spiro atoms. The van der Waals surface area contributed by atoms with Gasteiger partial charge in [-0.05, 0) is 36.6 Å². The second-order valence-electron chi connectivity index (χ2n) is 9.83. The SMILES string of the molecule is CCCCNC(=O)C(Cc1ccccc1)N(Cc1ccc(C)cc1)C(=O)CN(c1cccc(OC)c1)S(C)(=O)=O. The summed E-state index contributed by atoms with van der Waals surface area (Å²) in [6, 6.07) is 22.9. The van der Waals surface area contributed by atoms with E-state index in [9.17, 15) is 18.0 Å². The maximum absolute atomic E-state index is 14.1. The molecule has 9 heteroatoms. The molecule has 0 aliphatic heterocycles. The number of rotatable bonds is 14. The third-order valence-corrected chi connectivity index (χ3v) is 7.74. The Morgan fingerprint density at radius 3 is 2.27 bits per heavy atom. The standard InChI is InChI=1S/C31H39N3O5S/c1-5-6-19-32-31(36)29(20-25-11-8-7-9-12-25)33(22-26-17-15-24(2)16-18-26)30(35)23-34(40(4,37)38)27-13-10-14-28(21-27)39-3/h7-18,21,29H,5-6,19-20,22-23H2,1-4H3,(H,32,36). The monoisotopic (exact) mass is 565 g/mol. The zero-order chi connectivity index (χ0) is 29.1. The molecule has 0 bridgehead atoms. The molecule has 3 rings (SSSR count). The predicted molar refractivity (Wildman–Crippen MR) is 159 cm³/mol. The van der Waals surface area contributed by atoms with Crippen LogP contribution in [0, 0.1) is 6.92 Å². The minimum Gasteiger partial charge on any atom is -0.497 e. The van der Waals surface area contributed by atoms with Gasteiger partial charge in [-0.25, -0.2) is 8.42 Å². The Balaban J connectivity index is 2.03. The van der Waals surface area contributed by atoms with Gasteiger partial charge in [-0.3, -0.25) is 13.9 Å². The molecule has 0 heterocycles. The van der Waals surface area contributed by atoms with Gasteiger partial charge in [0.05, 0.1) is 19.1 Å². The Kier molecular flexibility index (Phi) is 11.1. The Labute approximate surface area is 238 Å². The first-order valence-electron chi connectivity index (χ1n) is 13.4. The van der Waals surface area contributed by atoms with Crippen LogP contribution < -0.4 is 14.4 Å². The van der Waals surface area contributed by atoms with Gasteiger partial charge in [0.25, 0.3) is 0 Å². The molecule has 0 fully saturated rings. The topological polar surface area (TPSA) is 96.0 Å². The molecule has 0 saturated carbocycles. The Morgan fingerprint density at radius 2 is 1.65 bits per heavy atom. The molecule has 0 saturated heterocycles. The number of anilines is 1. The molecule has 2 amide bonds. The number of hydrogen-bond donors (Lipinski definition) is 1. The van der Waals surface area contributed by atoms with Crippen LogP contribution in [0.4, 0.5) is 5.69 Å². The van der Waals surface area contributed by atoms with Gasteiger partial charge in [0, 0.05) is 25.6 Å². The van der Waals surface area contributed by atoms with Crippen LogP contribution in [0.1, 0.15) is 36.5 Å². The number of ether oxygens (including phenoxy) is 1. The zero-order valence-electron chi connectivity index (χ0n) is 23.7. The Hall–Kier alpha value is -3.85. The molecule has 1 unspecified atom stereocenters. The zero-order valence-corrected chi connectivity index (χ0v) is 24.5. The fraction of sp³-hybridized carbons (Fsp3) is 0.355. The summed E-state index contributed by atoms with van der Waals surface area (Å²) >= 11 is 0. The molecule has 0 radical (unpaired) electrons. The number of carbonyl (C=O) groups excluding carboxylic acids is 2. The lowest BCUT2D eigenvalue weighted by Gasteiger charge is -2.33. The molecule has 1 N–H and O–H groups in total. The second-order valence-corrected chi connectivity index (χ2v) is 11.7. The summed E-state index contributed by atoms with van der Waals surface area (Å²) in [6.07, 6.45) is 3.07. The van der Waals surface area contributed by atoms with E-state index in [-0.39, 0.29) is 18.9 Å². The third kappa shape index (κ3) is 8.84. The molecule has 3 aromatic carbocycles. The van der Waals surface area contributed by atoms with E-state index in [1.54, 1.807) is 24.3 Å². The molecule has 0 aromatic heterocycles. The maximum Gasteiger partial charge on any atom is 0.244 e. The Morgan fingerprint density at radius 1 is 0.950 bits per heavy atom. The third-order valence-electron chi connectivity index (χ3n) is 6.59. The van der Waals surface area contributed by atoms with Gasteiger partial charge in [-0.15, -0.1) is 0 Å². The molecule has 3 aromatic rings. The first kappa shape index (κ1) is 30.7. The normalized spacial score (nSPS) is 11.9. The molecule has 1 atom stereocenters. The highest BCUT2D eigenvalue weighted by Crippen LogP contribution is 2.24. The van der Waals surface area contributed by atoms with Crippen LogP contribution in [0.25, 0.3) is 0 Å². The minimum atomic E-state index is -3.84. The van der Waals surface area contributed by atoms with Crippen LogP contribution in [-0.4, -0.2) is 57.6 Å². The number of nitrogens with one attached hydrogen (secondary N) is 1. The number of aryl methyl sites for hydroxylation is 1. The summed E-state index contributed by atoms with van der Waals surface area (Å²) in [5.74, 6) is -0.294. The largest absolute Gasteiger partial charge is 0.497 e. The molecule has 0 aliphatic rings. The van der Waals surface area contributed by atoms with Crippen LogP contribution in [0.2, 0.25) is 0 Å². The second kappa shape index (κ2) is 14.5. The Bertz CT molecular complexity index is 1360. The highest BCUT2D eigenvalue weighted by atomic mass is 32.2. The van der Waals surface area contributed by atoms with Gasteiger partial charge < -0.3 is 15.0 Å². The van der Waals surface area contributed by atoms with Crippen LogP contribution in [0.5, 0.6) is 5.75 Å². The van der Waals surface area contributed by atoms with Gasteiger partial charge in [0.15, 0.2) is 0 Å². The van der Waals surface area contributed by atoms with E-state index in [2.05, 4.69) is 5.32 Å². The van der Waals surface area contributed by atoms with Crippen LogP contribution >= 0.6 is 0 Å². The summed E-state index contributed by atoms with van der Waals surface area (Å²) in [4.78, 5) is 29.2. The van der Waals surface area contributed by atoms with Gasteiger partial charge in [0.1, 0.15) is 18.3 Å². The fourth-order valence-electron chi connectivity index (χ4n) is 4.33. The average molecular weight is 566 g/mol. The quantitative estimate of drug-likeness (QED) is 0.294. The van der Waals surface area contributed by atoms with Crippen molar-refractivity contribution >= 4 is 27.5 Å². The van der Waals surface area contributed by atoms with Crippen molar-refractivity contribution in [2.75, 3.05) is 30.8 Å². The first-order valence-corrected chi connectivity index (χ1v) is 15.3. The lowest BCUT2D eigenvalue weighted by Crippen LogP contribution is -2.53. The lowest BCUT2D eigenvalue weighted by atomic mass is 10.0. The van der Waals surface area contributed by atoms with E-state index in [1.165, 1.54) is 12.0 Å². The highest BCUT2D eigenvalue weighted by Gasteiger charge is 2.33. The predicted octanol–water partition coefficient (Wildman–Crippen LogP) is 4.33. The van der Waals surface area contributed by atoms with E-state index in [0.29, 0.717) is 18.0 Å². The number of carbonyl (C=O) groups is 2. The number of benzene rings is 3. The summed E-state index contributed by atoms with van der Waals surface area (Å²) in [6.45, 7) is 4.19. The molecule has 8 nitrogen and oxygen atoms in total. The maximum atomic E-state index is 14.1. The van der Waals surface area contributed by atoms with Gasteiger partial charge in [-0.2, -0.15) is 0 Å². The van der Waals surface area contributed by atoms with Crippen LogP contribution in [-0.2, 0) is 32.6 Å². The van der Waals surface area contributed by atoms with Crippen molar-refractivity contribution in [3.05, 3.63) is 95.6 Å². The number of hydrogen-bond acceptors (Lipinski definition) is 5. The number of methoxy groups -OCH3 is 1. The smallest absolute Gasteiger partial charge is 0.244 e. The summed E-state index contributed by atoms with van der Waals surface area (Å²) < 4.78 is 32.1. The van der Waals surface area contributed by atoms with Crippen molar-refractivity contribution < 1.29 is 22.7 Å². The summed E-state index contributed by atoms with van der Waals surface area (Å²) in [5, 5.41) is 2.98. The van der Waals surface area contributed by atoms with Crippen molar-refractivity contribution in [3.8, 4) is 5.75 Å². The summed E-state index contributed by atoms with van der Waals surface area (Å²) in [7, 11) is -2.35. The van der Waals surface area contributed by atoms with E-state index >= 15 is 0 Å². The highest BCUT2D eigenvalue weighted by molar-refractivity contribution is 7.92. The number of sulfonamides is 1. The van der Waals surface area contributed by atoms with Crippen molar-refractivity contribution in [1.29, 1.82) is 0 Å². The van der Waals surface area contributed by atoms with Crippen molar-refractivity contribution in [2.45, 2.75) is 45.7 Å². The average Bonchev–Trinajstić information content (AvgIpc) is 2.94. The van der Waals surface area contributed by atoms with E-state index in [4.69, 9.17) is 4.74 Å². The molecular formula is C31H39N3O5S. The van der Waals surface area contributed by atoms with Gasteiger partial charge >= 0.3 is 0 Å². The number of nitrogens with zero attached hydrogens (tertiary/aromatic N) is 2. The van der Waals surface area contributed by atoms with E-state index in [1.807, 2.05) is 68.4 Å². The molecule has 0 aliphatic carbocycles. The number of amides is 2. The van der Waals surface area contributed by atoms with Crippen molar-refractivity contribution in [2.24, 2.45) is 0 Å². The lowest BCUT2D eigenvalue weighted by molar-refractivity contribution is -0.140. The van der Waals surface area contributed by atoms with Gasteiger partial charge in [0.2, 0.25) is 21.8 Å². The molecular weight excluding hydrogens is 526 g/mol.